The number of ether oxygens (including phenoxy) is 2. The fourth-order valence-corrected chi connectivity index (χ4v) is 3.20. The zero-order valence-corrected chi connectivity index (χ0v) is 14.6. The van der Waals surface area contributed by atoms with E-state index in [1.54, 1.807) is 38.6 Å². The van der Waals surface area contributed by atoms with Crippen molar-refractivity contribution in [1.82, 2.24) is 14.7 Å². The smallest absolute Gasteiger partial charge is 0.238 e. The standard InChI is InChI=1S/C18H24N4O3/c1-24-16-9-14(10-17(11-16)25-2)20-18(23)13-21-7-3-5-15(21)12-22-8-4-6-19-22/h4,6,8-11,15H,3,5,7,12-13H2,1-2H3,(H,20,23)/t15-/m0/s1. The van der Waals surface area contributed by atoms with Crippen LogP contribution < -0.4 is 14.8 Å². The Bertz CT molecular complexity index is 680. The molecule has 0 saturated carbocycles. The van der Waals surface area contributed by atoms with Gasteiger partial charge in [0.25, 0.3) is 0 Å². The summed E-state index contributed by atoms with van der Waals surface area (Å²) in [6, 6.07) is 7.60. The van der Waals surface area contributed by atoms with Crippen molar-refractivity contribution in [3.8, 4) is 11.5 Å². The van der Waals surface area contributed by atoms with E-state index in [0.29, 0.717) is 29.8 Å². The van der Waals surface area contributed by atoms with Gasteiger partial charge in [-0.25, -0.2) is 0 Å². The monoisotopic (exact) mass is 344 g/mol. The van der Waals surface area contributed by atoms with Gasteiger partial charge in [-0.3, -0.25) is 14.4 Å². The average molecular weight is 344 g/mol. The van der Waals surface area contributed by atoms with E-state index in [1.165, 1.54) is 0 Å². The second-order valence-corrected chi connectivity index (χ2v) is 6.14. The van der Waals surface area contributed by atoms with Crippen molar-refractivity contribution in [2.75, 3.05) is 32.6 Å². The number of carbonyl (C=O) groups is 1. The molecule has 1 aromatic heterocycles. The third-order valence-corrected chi connectivity index (χ3v) is 4.44. The lowest BCUT2D eigenvalue weighted by molar-refractivity contribution is -0.117. The van der Waals surface area contributed by atoms with Gasteiger partial charge in [0.05, 0.1) is 27.3 Å². The largest absolute Gasteiger partial charge is 0.497 e. The maximum Gasteiger partial charge on any atom is 0.238 e. The minimum absolute atomic E-state index is 0.0392. The normalized spacial score (nSPS) is 17.4. The Kier molecular flexibility index (Phi) is 5.55. The summed E-state index contributed by atoms with van der Waals surface area (Å²) >= 11 is 0. The van der Waals surface area contributed by atoms with Crippen molar-refractivity contribution in [2.45, 2.75) is 25.4 Å². The topological polar surface area (TPSA) is 68.6 Å². The van der Waals surface area contributed by atoms with Crippen LogP contribution in [0, 0.1) is 0 Å². The second kappa shape index (κ2) is 8.02. The van der Waals surface area contributed by atoms with Crippen molar-refractivity contribution >= 4 is 11.6 Å². The van der Waals surface area contributed by atoms with E-state index in [0.717, 1.165) is 25.9 Å². The zero-order valence-electron chi connectivity index (χ0n) is 14.6. The summed E-state index contributed by atoms with van der Waals surface area (Å²) in [6.07, 6.45) is 5.92. The van der Waals surface area contributed by atoms with Gasteiger partial charge in [-0.15, -0.1) is 0 Å². The Balaban J connectivity index is 1.60. The predicted molar refractivity (Wildman–Crippen MR) is 95.0 cm³/mol. The van der Waals surface area contributed by atoms with Crippen molar-refractivity contribution in [3.05, 3.63) is 36.7 Å². The molecule has 1 saturated heterocycles. The Labute approximate surface area is 147 Å². The molecule has 7 nitrogen and oxygen atoms in total. The number of carbonyl (C=O) groups excluding carboxylic acids is 1. The Morgan fingerprint density at radius 3 is 2.68 bits per heavy atom. The number of aromatic nitrogens is 2. The van der Waals surface area contributed by atoms with Gasteiger partial charge in [-0.1, -0.05) is 0 Å². The third-order valence-electron chi connectivity index (χ3n) is 4.44. The first kappa shape index (κ1) is 17.3. The van der Waals surface area contributed by atoms with Crippen LogP contribution in [0.5, 0.6) is 11.5 Å². The van der Waals surface area contributed by atoms with Crippen molar-refractivity contribution in [3.63, 3.8) is 0 Å². The molecule has 25 heavy (non-hydrogen) atoms. The zero-order chi connectivity index (χ0) is 17.6. The summed E-state index contributed by atoms with van der Waals surface area (Å²) in [7, 11) is 3.18. The van der Waals surface area contributed by atoms with Gasteiger partial charge in [0.1, 0.15) is 11.5 Å². The molecule has 1 atom stereocenters. The minimum Gasteiger partial charge on any atom is -0.497 e. The van der Waals surface area contributed by atoms with Crippen LogP contribution in [-0.4, -0.2) is 53.9 Å². The number of methoxy groups -OCH3 is 2. The number of hydrogen-bond acceptors (Lipinski definition) is 5. The van der Waals surface area contributed by atoms with Crippen LogP contribution in [0.25, 0.3) is 0 Å². The fourth-order valence-electron chi connectivity index (χ4n) is 3.20. The molecule has 1 N–H and O–H groups in total. The molecule has 3 rings (SSSR count). The number of nitrogens with zero attached hydrogens (tertiary/aromatic N) is 3. The lowest BCUT2D eigenvalue weighted by Crippen LogP contribution is -2.39. The highest BCUT2D eigenvalue weighted by molar-refractivity contribution is 5.92. The third kappa shape index (κ3) is 4.51. The molecule has 1 aliphatic rings. The van der Waals surface area contributed by atoms with Crippen LogP contribution in [0.2, 0.25) is 0 Å². The summed E-state index contributed by atoms with van der Waals surface area (Å²) in [6.45, 7) is 2.11. The number of amides is 1. The molecule has 0 spiro atoms. The Hall–Kier alpha value is -2.54. The Morgan fingerprint density at radius 2 is 2.04 bits per heavy atom. The van der Waals surface area contributed by atoms with Gasteiger partial charge in [0.15, 0.2) is 0 Å². The number of rotatable bonds is 7. The summed E-state index contributed by atoms with van der Waals surface area (Å²) in [5.74, 6) is 1.25. The van der Waals surface area contributed by atoms with E-state index >= 15 is 0 Å². The first-order chi connectivity index (χ1) is 12.2. The fraction of sp³-hybridized carbons (Fsp3) is 0.444. The van der Waals surface area contributed by atoms with Crippen LogP contribution >= 0.6 is 0 Å². The highest BCUT2D eigenvalue weighted by atomic mass is 16.5. The van der Waals surface area contributed by atoms with E-state index in [2.05, 4.69) is 15.3 Å². The molecule has 1 fully saturated rings. The summed E-state index contributed by atoms with van der Waals surface area (Å²) < 4.78 is 12.4. The summed E-state index contributed by atoms with van der Waals surface area (Å²) in [4.78, 5) is 14.7. The number of anilines is 1. The van der Waals surface area contributed by atoms with Crippen LogP contribution in [0.4, 0.5) is 5.69 Å². The molecule has 1 amide bonds. The van der Waals surface area contributed by atoms with Crippen molar-refractivity contribution < 1.29 is 14.3 Å². The molecule has 1 aliphatic heterocycles. The number of nitrogens with one attached hydrogen (secondary N) is 1. The van der Waals surface area contributed by atoms with E-state index in [-0.39, 0.29) is 5.91 Å². The van der Waals surface area contributed by atoms with Gasteiger partial charge in [0.2, 0.25) is 5.91 Å². The van der Waals surface area contributed by atoms with Crippen LogP contribution in [-0.2, 0) is 11.3 Å². The molecule has 0 unspecified atom stereocenters. The maximum absolute atomic E-state index is 12.5. The molecule has 0 radical (unpaired) electrons. The Morgan fingerprint density at radius 1 is 1.28 bits per heavy atom. The molecule has 7 heteroatoms. The number of likely N-dealkylation sites (tertiary alicyclic amines) is 1. The van der Waals surface area contributed by atoms with Crippen molar-refractivity contribution in [2.24, 2.45) is 0 Å². The van der Waals surface area contributed by atoms with Gasteiger partial charge >= 0.3 is 0 Å². The second-order valence-electron chi connectivity index (χ2n) is 6.14. The number of hydrogen-bond donors (Lipinski definition) is 1. The first-order valence-electron chi connectivity index (χ1n) is 8.42. The van der Waals surface area contributed by atoms with E-state index < -0.39 is 0 Å². The minimum atomic E-state index is -0.0392. The lowest BCUT2D eigenvalue weighted by atomic mass is 10.2. The van der Waals surface area contributed by atoms with Gasteiger partial charge in [0, 0.05) is 42.3 Å². The van der Waals surface area contributed by atoms with Gasteiger partial charge in [-0.2, -0.15) is 5.10 Å². The van der Waals surface area contributed by atoms with Crippen LogP contribution in [0.3, 0.4) is 0 Å². The van der Waals surface area contributed by atoms with Crippen molar-refractivity contribution in [1.29, 1.82) is 0 Å². The maximum atomic E-state index is 12.5. The predicted octanol–water partition coefficient (Wildman–Crippen LogP) is 2.00. The summed E-state index contributed by atoms with van der Waals surface area (Å²) in [5, 5.41) is 7.20. The van der Waals surface area contributed by atoms with Gasteiger partial charge in [-0.05, 0) is 25.5 Å². The van der Waals surface area contributed by atoms with E-state index in [4.69, 9.17) is 9.47 Å². The first-order valence-corrected chi connectivity index (χ1v) is 8.42. The molecule has 1 aromatic carbocycles. The van der Waals surface area contributed by atoms with E-state index in [9.17, 15) is 4.79 Å². The van der Waals surface area contributed by atoms with Gasteiger partial charge < -0.3 is 14.8 Å². The van der Waals surface area contributed by atoms with E-state index in [1.807, 2.05) is 16.9 Å². The van der Waals surface area contributed by atoms with Crippen LogP contribution in [0.1, 0.15) is 12.8 Å². The molecule has 0 aliphatic carbocycles. The molecule has 0 bridgehead atoms. The highest BCUT2D eigenvalue weighted by Gasteiger charge is 2.26. The molecular formula is C18H24N4O3. The molecule has 2 heterocycles. The number of benzene rings is 1. The molecule has 2 aromatic rings. The quantitative estimate of drug-likeness (QED) is 0.832. The highest BCUT2D eigenvalue weighted by Crippen LogP contribution is 2.26. The SMILES string of the molecule is COc1cc(NC(=O)CN2CCC[C@H]2Cn2cccn2)cc(OC)c1. The molecule has 134 valence electrons. The lowest BCUT2D eigenvalue weighted by Gasteiger charge is -2.23. The van der Waals surface area contributed by atoms with Crippen LogP contribution in [0.15, 0.2) is 36.7 Å². The summed E-state index contributed by atoms with van der Waals surface area (Å²) in [5.41, 5.74) is 0.670. The molecular weight excluding hydrogens is 320 g/mol. The average Bonchev–Trinajstić information content (AvgIpc) is 3.27.